The first-order valence-electron chi connectivity index (χ1n) is 7.44. The van der Waals surface area contributed by atoms with E-state index in [-0.39, 0.29) is 23.6 Å². The van der Waals surface area contributed by atoms with Gasteiger partial charge in [0.2, 0.25) is 5.92 Å². The number of thioether (sulfide) groups is 1. The van der Waals surface area contributed by atoms with Crippen LogP contribution in [0.3, 0.4) is 0 Å². The summed E-state index contributed by atoms with van der Waals surface area (Å²) >= 11 is 1.58. The molecule has 0 N–H and O–H groups in total. The Labute approximate surface area is 126 Å². The van der Waals surface area contributed by atoms with Crippen LogP contribution in [0.25, 0.3) is 0 Å². The molecule has 0 saturated heterocycles. The molecule has 0 aromatic rings. The van der Waals surface area contributed by atoms with Crippen LogP contribution in [-0.4, -0.2) is 29.5 Å². The van der Waals surface area contributed by atoms with Crippen molar-refractivity contribution in [2.75, 3.05) is 12.4 Å². The van der Waals surface area contributed by atoms with E-state index in [2.05, 4.69) is 0 Å². The Kier molecular flexibility index (Phi) is 10.2. The van der Waals surface area contributed by atoms with Crippen molar-refractivity contribution >= 4 is 17.7 Å². The Morgan fingerprint density at radius 1 is 1.25 bits per heavy atom. The van der Waals surface area contributed by atoms with Crippen molar-refractivity contribution in [3.05, 3.63) is 0 Å². The van der Waals surface area contributed by atoms with Gasteiger partial charge in [0.25, 0.3) is 0 Å². The topological polar surface area (TPSA) is 26.3 Å². The van der Waals surface area contributed by atoms with E-state index < -0.39 is 5.92 Å². The largest absolute Gasteiger partial charge is 0.465 e. The van der Waals surface area contributed by atoms with E-state index in [1.165, 1.54) is 0 Å². The Hall–Kier alpha value is -0.320. The number of hydrogen-bond donors (Lipinski definition) is 0. The van der Waals surface area contributed by atoms with Crippen molar-refractivity contribution < 1.29 is 18.3 Å². The summed E-state index contributed by atoms with van der Waals surface area (Å²) in [6, 6.07) is 0. The highest BCUT2D eigenvalue weighted by atomic mass is 32.2. The van der Waals surface area contributed by atoms with Crippen molar-refractivity contribution in [2.45, 2.75) is 71.0 Å². The van der Waals surface area contributed by atoms with E-state index in [1.807, 2.05) is 20.8 Å². The molecule has 0 spiro atoms. The Balaban J connectivity index is 3.84. The van der Waals surface area contributed by atoms with Gasteiger partial charge in [-0.2, -0.15) is 0 Å². The molecule has 0 fully saturated rings. The number of carbonyl (C=O) groups excluding carboxylic acids is 1. The molecule has 120 valence electrons. The quantitative estimate of drug-likeness (QED) is 0.400. The summed E-state index contributed by atoms with van der Waals surface area (Å²) in [6.07, 6.45) is 2.96. The van der Waals surface area contributed by atoms with E-state index in [0.717, 1.165) is 31.9 Å². The third-order valence-electron chi connectivity index (χ3n) is 2.84. The van der Waals surface area contributed by atoms with Crippen LogP contribution in [0.1, 0.15) is 59.8 Å². The molecule has 1 unspecified atom stereocenters. The minimum atomic E-state index is -2.56. The van der Waals surface area contributed by atoms with Gasteiger partial charge in [-0.3, -0.25) is 4.79 Å². The fraction of sp³-hybridized carbons (Fsp3) is 0.933. The highest BCUT2D eigenvalue weighted by Crippen LogP contribution is 2.24. The first-order chi connectivity index (χ1) is 9.28. The van der Waals surface area contributed by atoms with Gasteiger partial charge in [0.1, 0.15) is 5.25 Å². The Morgan fingerprint density at radius 3 is 2.40 bits per heavy atom. The number of rotatable bonds is 11. The second-order valence-corrected chi connectivity index (χ2v) is 6.83. The van der Waals surface area contributed by atoms with Gasteiger partial charge in [0.15, 0.2) is 0 Å². The standard InChI is InChI=1S/C15H28F2O2S/c1-5-10-19-14(18)13(12(2)3)20-11-8-6-7-9-15(4,16)17/h12-13H,5-11H2,1-4H3. The molecule has 0 aromatic carbocycles. The van der Waals surface area contributed by atoms with Gasteiger partial charge in [-0.25, -0.2) is 8.78 Å². The maximum absolute atomic E-state index is 12.6. The van der Waals surface area contributed by atoms with Gasteiger partial charge >= 0.3 is 5.97 Å². The molecule has 0 aliphatic heterocycles. The van der Waals surface area contributed by atoms with Crippen molar-refractivity contribution in [1.29, 1.82) is 0 Å². The normalized spacial score (nSPS) is 13.6. The maximum atomic E-state index is 12.6. The van der Waals surface area contributed by atoms with E-state index in [1.54, 1.807) is 11.8 Å². The molecule has 0 rings (SSSR count). The summed E-state index contributed by atoms with van der Waals surface area (Å²) in [5.41, 5.74) is 0. The molecule has 0 amide bonds. The lowest BCUT2D eigenvalue weighted by molar-refractivity contribution is -0.143. The fourth-order valence-electron chi connectivity index (χ4n) is 1.74. The van der Waals surface area contributed by atoms with Crippen LogP contribution in [-0.2, 0) is 9.53 Å². The zero-order valence-electron chi connectivity index (χ0n) is 13.1. The van der Waals surface area contributed by atoms with Crippen LogP contribution in [0.15, 0.2) is 0 Å². The van der Waals surface area contributed by atoms with Crippen molar-refractivity contribution in [1.82, 2.24) is 0 Å². The molecule has 5 heteroatoms. The second kappa shape index (κ2) is 10.4. The average Bonchev–Trinajstić information content (AvgIpc) is 2.33. The van der Waals surface area contributed by atoms with Crippen molar-refractivity contribution in [3.63, 3.8) is 0 Å². The molecular formula is C15H28F2O2S. The molecule has 20 heavy (non-hydrogen) atoms. The number of carbonyl (C=O) groups is 1. The molecule has 0 bridgehead atoms. The minimum Gasteiger partial charge on any atom is -0.465 e. The second-order valence-electron chi connectivity index (χ2n) is 5.58. The smallest absolute Gasteiger partial charge is 0.319 e. The van der Waals surface area contributed by atoms with Gasteiger partial charge in [0, 0.05) is 6.42 Å². The van der Waals surface area contributed by atoms with Crippen LogP contribution in [0, 0.1) is 5.92 Å². The Morgan fingerprint density at radius 2 is 1.90 bits per heavy atom. The molecule has 0 heterocycles. The van der Waals surface area contributed by atoms with E-state index in [0.29, 0.717) is 13.0 Å². The van der Waals surface area contributed by atoms with Crippen LogP contribution >= 0.6 is 11.8 Å². The zero-order chi connectivity index (χ0) is 15.6. The predicted molar refractivity (Wildman–Crippen MR) is 81.4 cm³/mol. The van der Waals surface area contributed by atoms with Crippen molar-refractivity contribution in [3.8, 4) is 0 Å². The third kappa shape index (κ3) is 10.5. The number of halogens is 2. The maximum Gasteiger partial charge on any atom is 0.319 e. The SMILES string of the molecule is CCCOC(=O)C(SCCCCCC(C)(F)F)C(C)C. The molecule has 2 nitrogen and oxygen atoms in total. The molecule has 0 aliphatic rings. The lowest BCUT2D eigenvalue weighted by atomic mass is 10.1. The number of hydrogen-bond acceptors (Lipinski definition) is 3. The lowest BCUT2D eigenvalue weighted by Gasteiger charge is -2.18. The van der Waals surface area contributed by atoms with Gasteiger partial charge in [-0.05, 0) is 37.9 Å². The highest BCUT2D eigenvalue weighted by molar-refractivity contribution is 8.00. The highest BCUT2D eigenvalue weighted by Gasteiger charge is 2.24. The van der Waals surface area contributed by atoms with Gasteiger partial charge in [0.05, 0.1) is 6.61 Å². The summed E-state index contributed by atoms with van der Waals surface area (Å²) in [6.45, 7) is 7.40. The molecule has 0 aromatic heterocycles. The van der Waals surface area contributed by atoms with Crippen molar-refractivity contribution in [2.24, 2.45) is 5.92 Å². The van der Waals surface area contributed by atoms with E-state index in [4.69, 9.17) is 4.74 Å². The van der Waals surface area contributed by atoms with Crippen LogP contribution in [0.4, 0.5) is 8.78 Å². The summed E-state index contributed by atoms with van der Waals surface area (Å²) in [4.78, 5) is 11.9. The predicted octanol–water partition coefficient (Wildman–Crippen LogP) is 4.91. The minimum absolute atomic E-state index is 0.0518. The molecular weight excluding hydrogens is 282 g/mol. The summed E-state index contributed by atoms with van der Waals surface area (Å²) in [5.74, 6) is -1.66. The average molecular weight is 310 g/mol. The summed E-state index contributed by atoms with van der Waals surface area (Å²) in [7, 11) is 0. The summed E-state index contributed by atoms with van der Waals surface area (Å²) in [5, 5.41) is -0.144. The van der Waals surface area contributed by atoms with Crippen LogP contribution in [0.5, 0.6) is 0 Å². The molecule has 0 radical (unpaired) electrons. The number of unbranched alkanes of at least 4 members (excludes halogenated alkanes) is 2. The number of ether oxygens (including phenoxy) is 1. The van der Waals surface area contributed by atoms with Crippen LogP contribution in [0.2, 0.25) is 0 Å². The first kappa shape index (κ1) is 19.7. The fourth-order valence-corrected chi connectivity index (χ4v) is 2.96. The third-order valence-corrected chi connectivity index (χ3v) is 4.46. The van der Waals surface area contributed by atoms with Crippen LogP contribution < -0.4 is 0 Å². The van der Waals surface area contributed by atoms with Gasteiger partial charge in [-0.1, -0.05) is 27.2 Å². The summed E-state index contributed by atoms with van der Waals surface area (Å²) < 4.78 is 30.4. The van der Waals surface area contributed by atoms with E-state index >= 15 is 0 Å². The molecule has 0 aliphatic carbocycles. The first-order valence-corrected chi connectivity index (χ1v) is 8.49. The van der Waals surface area contributed by atoms with E-state index in [9.17, 15) is 13.6 Å². The number of esters is 1. The van der Waals surface area contributed by atoms with Gasteiger partial charge < -0.3 is 4.74 Å². The molecule has 1 atom stereocenters. The number of alkyl halides is 2. The Bertz CT molecular complexity index is 265. The molecule has 0 saturated carbocycles. The monoisotopic (exact) mass is 310 g/mol. The zero-order valence-corrected chi connectivity index (χ0v) is 13.9. The van der Waals surface area contributed by atoms with Gasteiger partial charge in [-0.15, -0.1) is 11.8 Å². The lowest BCUT2D eigenvalue weighted by Crippen LogP contribution is -2.26.